The standard InChI is InChI=1S/C30H34N4O2/c35-29(33-18-16-32(17-19-33)21-24-10-4-1-5-11-24)27-20-26(25-12-6-2-7-13-25)22-34(23-27)30(36)31-28-14-8-3-9-15-28/h1-15,26-27H,16-23H2,(H,31,36). The van der Waals surface area contributed by atoms with Gasteiger partial charge in [0.1, 0.15) is 0 Å². The van der Waals surface area contributed by atoms with Gasteiger partial charge in [-0.05, 0) is 29.7 Å². The molecule has 2 atom stereocenters. The van der Waals surface area contributed by atoms with Crippen LogP contribution in [0.2, 0.25) is 0 Å². The van der Waals surface area contributed by atoms with E-state index >= 15 is 0 Å². The predicted molar refractivity (Wildman–Crippen MR) is 143 cm³/mol. The number of carbonyl (C=O) groups excluding carboxylic acids is 2. The Morgan fingerprint density at radius 3 is 2.00 bits per heavy atom. The third-order valence-electron chi connectivity index (χ3n) is 7.32. The lowest BCUT2D eigenvalue weighted by molar-refractivity contribution is -0.139. The molecule has 6 nitrogen and oxygen atoms in total. The Bertz CT molecular complexity index is 1130. The second kappa shape index (κ2) is 11.4. The zero-order valence-corrected chi connectivity index (χ0v) is 20.6. The number of para-hydroxylation sites is 1. The van der Waals surface area contributed by atoms with Crippen LogP contribution in [-0.2, 0) is 11.3 Å². The molecule has 36 heavy (non-hydrogen) atoms. The highest BCUT2D eigenvalue weighted by molar-refractivity contribution is 5.90. The normalized spacial score (nSPS) is 20.7. The zero-order valence-electron chi connectivity index (χ0n) is 20.6. The van der Waals surface area contributed by atoms with Gasteiger partial charge in [-0.3, -0.25) is 9.69 Å². The van der Waals surface area contributed by atoms with E-state index in [1.165, 1.54) is 11.1 Å². The smallest absolute Gasteiger partial charge is 0.321 e. The predicted octanol–water partition coefficient (Wildman–Crippen LogP) is 4.67. The molecule has 1 N–H and O–H groups in total. The summed E-state index contributed by atoms with van der Waals surface area (Å²) in [6, 6.07) is 30.1. The Labute approximate surface area is 213 Å². The van der Waals surface area contributed by atoms with Crippen LogP contribution in [-0.4, -0.2) is 65.9 Å². The maximum atomic E-state index is 13.7. The van der Waals surface area contributed by atoms with Crippen molar-refractivity contribution in [2.24, 2.45) is 5.92 Å². The van der Waals surface area contributed by atoms with Crippen molar-refractivity contribution in [2.45, 2.75) is 18.9 Å². The molecule has 2 aliphatic rings. The fourth-order valence-corrected chi connectivity index (χ4v) is 5.36. The molecule has 0 spiro atoms. The topological polar surface area (TPSA) is 55.9 Å². The Morgan fingerprint density at radius 1 is 0.722 bits per heavy atom. The van der Waals surface area contributed by atoms with Crippen molar-refractivity contribution >= 4 is 17.6 Å². The molecule has 2 aliphatic heterocycles. The Hall–Kier alpha value is -3.64. The largest absolute Gasteiger partial charge is 0.340 e. The van der Waals surface area contributed by atoms with Crippen molar-refractivity contribution in [1.29, 1.82) is 0 Å². The molecule has 2 saturated heterocycles. The van der Waals surface area contributed by atoms with Crippen molar-refractivity contribution in [3.63, 3.8) is 0 Å². The van der Waals surface area contributed by atoms with Gasteiger partial charge in [0.2, 0.25) is 5.91 Å². The lowest BCUT2D eigenvalue weighted by atomic mass is 9.84. The van der Waals surface area contributed by atoms with Gasteiger partial charge in [-0.15, -0.1) is 0 Å². The minimum Gasteiger partial charge on any atom is -0.340 e. The van der Waals surface area contributed by atoms with Crippen LogP contribution in [0.25, 0.3) is 0 Å². The Kier molecular flexibility index (Phi) is 7.62. The minimum absolute atomic E-state index is 0.134. The van der Waals surface area contributed by atoms with Gasteiger partial charge in [0.25, 0.3) is 0 Å². The molecule has 0 aromatic heterocycles. The van der Waals surface area contributed by atoms with Crippen molar-refractivity contribution in [3.05, 3.63) is 102 Å². The molecule has 3 aromatic carbocycles. The van der Waals surface area contributed by atoms with E-state index in [2.05, 4.69) is 46.6 Å². The summed E-state index contributed by atoms with van der Waals surface area (Å²) in [5, 5.41) is 3.01. The first kappa shape index (κ1) is 24.1. The molecule has 2 unspecified atom stereocenters. The van der Waals surface area contributed by atoms with Gasteiger partial charge < -0.3 is 15.1 Å². The van der Waals surface area contributed by atoms with Crippen molar-refractivity contribution < 1.29 is 9.59 Å². The molecular weight excluding hydrogens is 448 g/mol. The highest BCUT2D eigenvalue weighted by atomic mass is 16.2. The van der Waals surface area contributed by atoms with Crippen LogP contribution >= 0.6 is 0 Å². The number of piperidine rings is 1. The average Bonchev–Trinajstić information content (AvgIpc) is 2.94. The summed E-state index contributed by atoms with van der Waals surface area (Å²) >= 11 is 0. The van der Waals surface area contributed by atoms with Crippen molar-refractivity contribution in [3.8, 4) is 0 Å². The highest BCUT2D eigenvalue weighted by Gasteiger charge is 2.37. The van der Waals surface area contributed by atoms with E-state index in [0.29, 0.717) is 13.1 Å². The number of hydrogen-bond donors (Lipinski definition) is 1. The maximum Gasteiger partial charge on any atom is 0.321 e. The van der Waals surface area contributed by atoms with Gasteiger partial charge in [0.05, 0.1) is 5.92 Å². The maximum absolute atomic E-state index is 13.7. The van der Waals surface area contributed by atoms with Crippen LogP contribution < -0.4 is 5.32 Å². The SMILES string of the molecule is O=C(Nc1ccccc1)N1CC(C(=O)N2CCN(Cc3ccccc3)CC2)CC(c2ccccc2)C1. The van der Waals surface area contributed by atoms with E-state index in [-0.39, 0.29) is 23.8 Å². The summed E-state index contributed by atoms with van der Waals surface area (Å²) in [6.45, 7) is 5.17. The first-order valence-electron chi connectivity index (χ1n) is 12.9. The molecule has 0 radical (unpaired) electrons. The van der Waals surface area contributed by atoms with E-state index in [1.807, 2.05) is 64.4 Å². The van der Waals surface area contributed by atoms with Crippen LogP contribution in [0.4, 0.5) is 10.5 Å². The van der Waals surface area contributed by atoms with E-state index in [1.54, 1.807) is 0 Å². The molecule has 5 rings (SSSR count). The molecule has 6 heteroatoms. The van der Waals surface area contributed by atoms with Crippen LogP contribution in [0.3, 0.4) is 0 Å². The van der Waals surface area contributed by atoms with Gasteiger partial charge in [0, 0.05) is 57.4 Å². The van der Waals surface area contributed by atoms with E-state index < -0.39 is 0 Å². The molecule has 2 fully saturated rings. The quantitative estimate of drug-likeness (QED) is 0.575. The molecule has 3 aromatic rings. The second-order valence-corrected chi connectivity index (χ2v) is 9.83. The number of hydrogen-bond acceptors (Lipinski definition) is 3. The summed E-state index contributed by atoms with van der Waals surface area (Å²) in [5.41, 5.74) is 3.25. The van der Waals surface area contributed by atoms with Gasteiger partial charge in [0.15, 0.2) is 0 Å². The third kappa shape index (κ3) is 5.94. The number of nitrogens with one attached hydrogen (secondary N) is 1. The van der Waals surface area contributed by atoms with E-state index in [9.17, 15) is 9.59 Å². The van der Waals surface area contributed by atoms with Crippen molar-refractivity contribution in [1.82, 2.24) is 14.7 Å². The fourth-order valence-electron chi connectivity index (χ4n) is 5.36. The summed E-state index contributed by atoms with van der Waals surface area (Å²) in [7, 11) is 0. The molecule has 3 amide bonds. The number of anilines is 1. The Balaban J connectivity index is 1.25. The van der Waals surface area contributed by atoms with E-state index in [0.717, 1.165) is 44.8 Å². The van der Waals surface area contributed by atoms with Crippen LogP contribution in [0.5, 0.6) is 0 Å². The first-order chi connectivity index (χ1) is 17.7. The molecule has 186 valence electrons. The second-order valence-electron chi connectivity index (χ2n) is 9.83. The number of benzene rings is 3. The van der Waals surface area contributed by atoms with Gasteiger partial charge in [-0.25, -0.2) is 4.79 Å². The number of likely N-dealkylation sites (tertiary alicyclic amines) is 1. The number of nitrogens with zero attached hydrogens (tertiary/aromatic N) is 3. The van der Waals surface area contributed by atoms with Crippen LogP contribution in [0.15, 0.2) is 91.0 Å². The summed E-state index contributed by atoms with van der Waals surface area (Å²) < 4.78 is 0. The van der Waals surface area contributed by atoms with Gasteiger partial charge in [-0.2, -0.15) is 0 Å². The molecular formula is C30H34N4O2. The number of amides is 3. The van der Waals surface area contributed by atoms with Crippen LogP contribution in [0.1, 0.15) is 23.5 Å². The molecule has 0 saturated carbocycles. The van der Waals surface area contributed by atoms with E-state index in [4.69, 9.17) is 0 Å². The third-order valence-corrected chi connectivity index (χ3v) is 7.32. The zero-order chi connectivity index (χ0) is 24.7. The molecule has 0 aliphatic carbocycles. The molecule has 2 heterocycles. The number of piperazine rings is 1. The van der Waals surface area contributed by atoms with Gasteiger partial charge in [-0.1, -0.05) is 78.9 Å². The Morgan fingerprint density at radius 2 is 1.33 bits per heavy atom. The average molecular weight is 483 g/mol. The summed E-state index contributed by atoms with van der Waals surface area (Å²) in [6.07, 6.45) is 0.766. The number of urea groups is 1. The summed E-state index contributed by atoms with van der Waals surface area (Å²) in [5.74, 6) is 0.105. The lowest BCUT2D eigenvalue weighted by Crippen LogP contribution is -2.54. The highest BCUT2D eigenvalue weighted by Crippen LogP contribution is 2.32. The lowest BCUT2D eigenvalue weighted by Gasteiger charge is -2.41. The molecule has 0 bridgehead atoms. The summed E-state index contributed by atoms with van der Waals surface area (Å²) in [4.78, 5) is 33.1. The number of rotatable bonds is 5. The van der Waals surface area contributed by atoms with Gasteiger partial charge >= 0.3 is 6.03 Å². The fraction of sp³-hybridized carbons (Fsp3) is 0.333. The monoisotopic (exact) mass is 482 g/mol. The van der Waals surface area contributed by atoms with Crippen LogP contribution in [0, 0.1) is 5.92 Å². The minimum atomic E-state index is -0.203. The number of carbonyl (C=O) groups is 2. The van der Waals surface area contributed by atoms with Crippen molar-refractivity contribution in [2.75, 3.05) is 44.6 Å². The first-order valence-corrected chi connectivity index (χ1v) is 12.9.